The van der Waals surface area contributed by atoms with Crippen molar-refractivity contribution in [1.29, 1.82) is 0 Å². The maximum Gasteiger partial charge on any atom is 0.323 e. The fraction of sp³-hybridized carbons (Fsp3) is 0.312. The summed E-state index contributed by atoms with van der Waals surface area (Å²) in [6.45, 7) is 1.32. The minimum Gasteiger partial charge on any atom is -0.464 e. The van der Waals surface area contributed by atoms with Crippen LogP contribution in [0.1, 0.15) is 12.0 Å². The summed E-state index contributed by atoms with van der Waals surface area (Å²) in [4.78, 5) is 13.6. The van der Waals surface area contributed by atoms with Gasteiger partial charge < -0.3 is 4.74 Å². The number of nitrogens with zero attached hydrogens (tertiary/aromatic N) is 1. The van der Waals surface area contributed by atoms with Crippen LogP contribution in [0.5, 0.6) is 0 Å². The molecule has 0 bridgehead atoms. The maximum atomic E-state index is 11.6. The molecule has 0 aliphatic carbocycles. The lowest BCUT2D eigenvalue weighted by Crippen LogP contribution is -2.34. The molecule has 1 fully saturated rings. The lowest BCUT2D eigenvalue weighted by molar-refractivity contribution is -0.142. The molecule has 0 N–H and O–H groups in total. The van der Waals surface area contributed by atoms with E-state index in [9.17, 15) is 4.79 Å². The molecule has 0 aromatic heterocycles. The fourth-order valence-corrected chi connectivity index (χ4v) is 2.62. The summed E-state index contributed by atoms with van der Waals surface area (Å²) in [6.07, 6.45) is 0.795. The molecule has 1 aliphatic heterocycles. The molecule has 3 nitrogen and oxygen atoms in total. The first kappa shape index (κ1) is 12.2. The predicted molar refractivity (Wildman–Crippen MR) is 74.8 cm³/mol. The molecule has 3 heteroatoms. The number of likely N-dealkylation sites (N-methyl/N-ethyl adjacent to an activating group) is 1. The van der Waals surface area contributed by atoms with Crippen molar-refractivity contribution in [3.05, 3.63) is 48.0 Å². The van der Waals surface area contributed by atoms with Crippen LogP contribution in [0, 0.1) is 0 Å². The van der Waals surface area contributed by atoms with Gasteiger partial charge in [0.1, 0.15) is 6.04 Å². The van der Waals surface area contributed by atoms with Crippen LogP contribution in [0.25, 0.3) is 10.8 Å². The highest BCUT2D eigenvalue weighted by Crippen LogP contribution is 2.19. The zero-order valence-electron chi connectivity index (χ0n) is 11.0. The predicted octanol–water partition coefficient (Wildman–Crippen LogP) is 2.59. The number of fused-ring (bicyclic) bond motifs is 1. The van der Waals surface area contributed by atoms with Gasteiger partial charge in [-0.25, -0.2) is 0 Å². The van der Waals surface area contributed by atoms with Crippen LogP contribution in [0.3, 0.4) is 0 Å². The fourth-order valence-electron chi connectivity index (χ4n) is 2.62. The van der Waals surface area contributed by atoms with Crippen LogP contribution >= 0.6 is 0 Å². The first-order chi connectivity index (χ1) is 9.24. The van der Waals surface area contributed by atoms with E-state index in [2.05, 4.69) is 35.2 Å². The third-order valence-corrected chi connectivity index (χ3v) is 3.69. The topological polar surface area (TPSA) is 29.5 Å². The van der Waals surface area contributed by atoms with Gasteiger partial charge in [0.15, 0.2) is 0 Å². The summed E-state index contributed by atoms with van der Waals surface area (Å²) in [5.74, 6) is -0.0942. The largest absolute Gasteiger partial charge is 0.464 e. The maximum absolute atomic E-state index is 11.6. The van der Waals surface area contributed by atoms with E-state index in [1.54, 1.807) is 0 Å². The Kier molecular flexibility index (Phi) is 3.22. The van der Waals surface area contributed by atoms with Gasteiger partial charge in [-0.1, -0.05) is 36.4 Å². The molecular formula is C16H17NO2. The van der Waals surface area contributed by atoms with Crippen molar-refractivity contribution >= 4 is 16.7 Å². The van der Waals surface area contributed by atoms with E-state index < -0.39 is 0 Å². The molecule has 1 atom stereocenters. The smallest absolute Gasteiger partial charge is 0.323 e. The van der Waals surface area contributed by atoms with Crippen molar-refractivity contribution in [3.63, 3.8) is 0 Å². The van der Waals surface area contributed by atoms with Crippen molar-refractivity contribution in [3.8, 4) is 0 Å². The number of rotatable bonds is 3. The van der Waals surface area contributed by atoms with E-state index in [1.165, 1.54) is 16.3 Å². The van der Waals surface area contributed by atoms with Gasteiger partial charge in [-0.2, -0.15) is 0 Å². The first-order valence-electron chi connectivity index (χ1n) is 6.58. The Hall–Kier alpha value is -1.87. The number of cyclic esters (lactones) is 1. The molecular weight excluding hydrogens is 238 g/mol. The minimum atomic E-state index is -0.0942. The quantitative estimate of drug-likeness (QED) is 0.789. The highest BCUT2D eigenvalue weighted by atomic mass is 16.5. The Labute approximate surface area is 112 Å². The normalized spacial score (nSPS) is 19.1. The summed E-state index contributed by atoms with van der Waals surface area (Å²) < 4.78 is 5.01. The van der Waals surface area contributed by atoms with E-state index in [0.29, 0.717) is 6.61 Å². The standard InChI is InChI=1S/C16H17NO2/c1-17(15-8-9-19-16(15)18)11-12-6-7-13-4-2-3-5-14(13)10-12/h2-7,10,15H,8-9,11H2,1H3. The third-order valence-electron chi connectivity index (χ3n) is 3.69. The number of hydrogen-bond donors (Lipinski definition) is 0. The van der Waals surface area contributed by atoms with E-state index in [1.807, 2.05) is 19.2 Å². The summed E-state index contributed by atoms with van der Waals surface area (Å²) in [7, 11) is 1.98. The summed E-state index contributed by atoms with van der Waals surface area (Å²) in [5, 5.41) is 2.48. The SMILES string of the molecule is CN(Cc1ccc2ccccc2c1)C1CCOC1=O. The highest BCUT2D eigenvalue weighted by molar-refractivity contribution is 5.83. The van der Waals surface area contributed by atoms with E-state index in [0.717, 1.165) is 13.0 Å². The number of carbonyl (C=O) groups excluding carboxylic acids is 1. The molecule has 19 heavy (non-hydrogen) atoms. The summed E-state index contributed by atoms with van der Waals surface area (Å²) in [6, 6.07) is 14.7. The molecule has 0 amide bonds. The van der Waals surface area contributed by atoms with Gasteiger partial charge in [-0.15, -0.1) is 0 Å². The molecule has 2 aromatic rings. The molecule has 2 aromatic carbocycles. The van der Waals surface area contributed by atoms with Gasteiger partial charge in [0.05, 0.1) is 6.61 Å². The molecule has 0 radical (unpaired) electrons. The number of carbonyl (C=O) groups is 1. The van der Waals surface area contributed by atoms with Gasteiger partial charge in [0, 0.05) is 13.0 Å². The van der Waals surface area contributed by atoms with Crippen LogP contribution < -0.4 is 0 Å². The van der Waals surface area contributed by atoms with E-state index in [4.69, 9.17) is 4.74 Å². The number of esters is 1. The molecule has 1 unspecified atom stereocenters. The lowest BCUT2D eigenvalue weighted by atomic mass is 10.1. The average Bonchev–Trinajstić information content (AvgIpc) is 2.85. The Morgan fingerprint density at radius 1 is 1.21 bits per heavy atom. The van der Waals surface area contributed by atoms with Gasteiger partial charge in [-0.05, 0) is 29.4 Å². The Morgan fingerprint density at radius 3 is 2.74 bits per heavy atom. The van der Waals surface area contributed by atoms with Gasteiger partial charge in [0.25, 0.3) is 0 Å². The van der Waals surface area contributed by atoms with Crippen molar-refractivity contribution < 1.29 is 9.53 Å². The second-order valence-electron chi connectivity index (χ2n) is 5.07. The number of hydrogen-bond acceptors (Lipinski definition) is 3. The number of benzene rings is 2. The highest BCUT2D eigenvalue weighted by Gasteiger charge is 2.29. The van der Waals surface area contributed by atoms with Crippen LogP contribution in [-0.4, -0.2) is 30.6 Å². The number of ether oxygens (including phenoxy) is 1. The van der Waals surface area contributed by atoms with Crippen molar-refractivity contribution in [2.45, 2.75) is 19.0 Å². The monoisotopic (exact) mass is 255 g/mol. The third kappa shape index (κ3) is 2.47. The molecule has 0 saturated carbocycles. The Balaban J connectivity index is 1.79. The second kappa shape index (κ2) is 5.02. The molecule has 98 valence electrons. The molecule has 3 rings (SSSR count). The average molecular weight is 255 g/mol. The molecule has 1 saturated heterocycles. The Morgan fingerprint density at radius 2 is 2.00 bits per heavy atom. The Bertz CT molecular complexity index is 608. The zero-order valence-corrected chi connectivity index (χ0v) is 11.0. The molecule has 0 spiro atoms. The van der Waals surface area contributed by atoms with Gasteiger partial charge in [0.2, 0.25) is 0 Å². The second-order valence-corrected chi connectivity index (χ2v) is 5.07. The van der Waals surface area contributed by atoms with Gasteiger partial charge >= 0.3 is 5.97 Å². The van der Waals surface area contributed by atoms with Crippen LogP contribution in [-0.2, 0) is 16.1 Å². The summed E-state index contributed by atoms with van der Waals surface area (Å²) in [5.41, 5.74) is 1.22. The van der Waals surface area contributed by atoms with Crippen molar-refractivity contribution in [2.75, 3.05) is 13.7 Å². The van der Waals surface area contributed by atoms with Gasteiger partial charge in [-0.3, -0.25) is 9.69 Å². The van der Waals surface area contributed by atoms with E-state index in [-0.39, 0.29) is 12.0 Å². The van der Waals surface area contributed by atoms with Crippen LogP contribution in [0.15, 0.2) is 42.5 Å². The molecule has 1 heterocycles. The lowest BCUT2D eigenvalue weighted by Gasteiger charge is -2.21. The van der Waals surface area contributed by atoms with Crippen LogP contribution in [0.2, 0.25) is 0 Å². The van der Waals surface area contributed by atoms with Crippen molar-refractivity contribution in [1.82, 2.24) is 4.90 Å². The molecule has 1 aliphatic rings. The van der Waals surface area contributed by atoms with Crippen LogP contribution in [0.4, 0.5) is 0 Å². The summed E-state index contributed by atoms with van der Waals surface area (Å²) >= 11 is 0. The minimum absolute atomic E-state index is 0.0912. The zero-order chi connectivity index (χ0) is 13.2. The van der Waals surface area contributed by atoms with Crippen molar-refractivity contribution in [2.24, 2.45) is 0 Å². The first-order valence-corrected chi connectivity index (χ1v) is 6.58. The van der Waals surface area contributed by atoms with E-state index >= 15 is 0 Å².